The topological polar surface area (TPSA) is 72.9 Å². The molecule has 0 atom stereocenters. The maximum atomic E-state index is 11.9. The number of carbonyl (C=O) groups is 2. The van der Waals surface area contributed by atoms with Crippen LogP contribution in [-0.2, 0) is 0 Å². The van der Waals surface area contributed by atoms with E-state index in [0.717, 1.165) is 6.54 Å². The second kappa shape index (κ2) is 6.75. The molecule has 0 radical (unpaired) electrons. The monoisotopic (exact) mass is 265 g/mol. The number of hydrogen-bond donors (Lipinski definition) is 2. The van der Waals surface area contributed by atoms with Crippen LogP contribution in [0.2, 0.25) is 0 Å². The van der Waals surface area contributed by atoms with Crippen molar-refractivity contribution in [1.82, 2.24) is 9.80 Å². The lowest BCUT2D eigenvalue weighted by molar-refractivity contribution is 0.0698. The van der Waals surface area contributed by atoms with Crippen molar-refractivity contribution >= 4 is 17.7 Å². The van der Waals surface area contributed by atoms with E-state index < -0.39 is 5.97 Å². The van der Waals surface area contributed by atoms with E-state index in [-0.39, 0.29) is 11.6 Å². The molecule has 6 heteroatoms. The summed E-state index contributed by atoms with van der Waals surface area (Å²) < 4.78 is 0. The molecule has 0 aliphatic rings. The molecule has 6 nitrogen and oxygen atoms in total. The molecule has 1 rings (SSSR count). The third kappa shape index (κ3) is 4.59. The summed E-state index contributed by atoms with van der Waals surface area (Å²) >= 11 is 0. The molecule has 2 amide bonds. The zero-order valence-electron chi connectivity index (χ0n) is 11.4. The Kier molecular flexibility index (Phi) is 5.32. The van der Waals surface area contributed by atoms with Gasteiger partial charge in [-0.2, -0.15) is 0 Å². The van der Waals surface area contributed by atoms with Gasteiger partial charge in [-0.1, -0.05) is 12.1 Å². The van der Waals surface area contributed by atoms with Gasteiger partial charge in [-0.05, 0) is 26.2 Å². The third-order valence-electron chi connectivity index (χ3n) is 2.63. The van der Waals surface area contributed by atoms with Gasteiger partial charge in [0.2, 0.25) is 0 Å². The molecule has 0 bridgehead atoms. The highest BCUT2D eigenvalue weighted by atomic mass is 16.4. The van der Waals surface area contributed by atoms with E-state index in [1.165, 1.54) is 11.0 Å². The molecule has 0 saturated carbocycles. The minimum absolute atomic E-state index is 0.0804. The Morgan fingerprint density at radius 3 is 2.37 bits per heavy atom. The molecule has 0 aromatic heterocycles. The fraction of sp³-hybridized carbons (Fsp3) is 0.385. The number of likely N-dealkylation sites (N-methyl/N-ethyl adjacent to an activating group) is 2. The van der Waals surface area contributed by atoms with Gasteiger partial charge in [-0.3, -0.25) is 0 Å². The lowest BCUT2D eigenvalue weighted by Gasteiger charge is -2.20. The van der Waals surface area contributed by atoms with E-state index >= 15 is 0 Å². The number of para-hydroxylation sites is 1. The van der Waals surface area contributed by atoms with Crippen LogP contribution in [-0.4, -0.2) is 61.1 Å². The van der Waals surface area contributed by atoms with Crippen LogP contribution < -0.4 is 5.32 Å². The molecule has 0 fully saturated rings. The van der Waals surface area contributed by atoms with Crippen molar-refractivity contribution < 1.29 is 14.7 Å². The Bertz CT molecular complexity index is 460. The summed E-state index contributed by atoms with van der Waals surface area (Å²) in [6.45, 7) is 1.30. The zero-order valence-corrected chi connectivity index (χ0v) is 11.4. The molecule has 0 spiro atoms. The summed E-state index contributed by atoms with van der Waals surface area (Å²) in [5.74, 6) is -1.06. The quantitative estimate of drug-likeness (QED) is 0.844. The average molecular weight is 265 g/mol. The SMILES string of the molecule is CN(C)CCN(C)C(=O)Nc1ccccc1C(=O)O. The molecule has 1 aromatic carbocycles. The zero-order chi connectivity index (χ0) is 14.4. The van der Waals surface area contributed by atoms with Gasteiger partial charge in [0.05, 0.1) is 11.3 Å². The number of rotatable bonds is 5. The van der Waals surface area contributed by atoms with Gasteiger partial charge >= 0.3 is 12.0 Å². The van der Waals surface area contributed by atoms with E-state index in [1.54, 1.807) is 25.2 Å². The number of aromatic carboxylic acids is 1. The third-order valence-corrected chi connectivity index (χ3v) is 2.63. The van der Waals surface area contributed by atoms with Crippen LogP contribution in [0.25, 0.3) is 0 Å². The van der Waals surface area contributed by atoms with Gasteiger partial charge in [0, 0.05) is 20.1 Å². The average Bonchev–Trinajstić information content (AvgIpc) is 2.36. The Morgan fingerprint density at radius 1 is 1.16 bits per heavy atom. The molecule has 19 heavy (non-hydrogen) atoms. The van der Waals surface area contributed by atoms with Crippen LogP contribution in [0.1, 0.15) is 10.4 Å². The first kappa shape index (κ1) is 15.0. The summed E-state index contributed by atoms with van der Waals surface area (Å²) in [7, 11) is 5.51. The fourth-order valence-electron chi connectivity index (χ4n) is 1.44. The van der Waals surface area contributed by atoms with Crippen LogP contribution in [0, 0.1) is 0 Å². The van der Waals surface area contributed by atoms with Crippen molar-refractivity contribution in [2.24, 2.45) is 0 Å². The minimum Gasteiger partial charge on any atom is -0.478 e. The second-order valence-corrected chi connectivity index (χ2v) is 4.51. The van der Waals surface area contributed by atoms with Crippen molar-refractivity contribution in [3.8, 4) is 0 Å². The number of carboxylic acids is 1. The standard InChI is InChI=1S/C13H19N3O3/c1-15(2)8-9-16(3)13(19)14-11-7-5-4-6-10(11)12(17)18/h4-7H,8-9H2,1-3H3,(H,14,19)(H,17,18). The molecule has 0 saturated heterocycles. The molecule has 104 valence electrons. The van der Waals surface area contributed by atoms with E-state index in [0.29, 0.717) is 12.2 Å². The lowest BCUT2D eigenvalue weighted by Crippen LogP contribution is -2.36. The number of anilines is 1. The molecule has 0 unspecified atom stereocenters. The number of benzene rings is 1. The highest BCUT2D eigenvalue weighted by molar-refractivity contribution is 5.99. The molecule has 2 N–H and O–H groups in total. The number of nitrogens with zero attached hydrogens (tertiary/aromatic N) is 2. The second-order valence-electron chi connectivity index (χ2n) is 4.51. The first-order chi connectivity index (χ1) is 8.91. The maximum Gasteiger partial charge on any atom is 0.337 e. The van der Waals surface area contributed by atoms with E-state index in [4.69, 9.17) is 5.11 Å². The van der Waals surface area contributed by atoms with Gasteiger partial charge < -0.3 is 20.2 Å². The number of hydrogen-bond acceptors (Lipinski definition) is 3. The Morgan fingerprint density at radius 2 is 1.79 bits per heavy atom. The normalized spacial score (nSPS) is 10.3. The predicted octanol–water partition coefficient (Wildman–Crippen LogP) is 1.41. The van der Waals surface area contributed by atoms with Gasteiger partial charge in [-0.25, -0.2) is 9.59 Å². The van der Waals surface area contributed by atoms with Crippen LogP contribution >= 0.6 is 0 Å². The van der Waals surface area contributed by atoms with Crippen molar-refractivity contribution in [1.29, 1.82) is 0 Å². The Balaban J connectivity index is 2.69. The lowest BCUT2D eigenvalue weighted by atomic mass is 10.2. The Labute approximate surface area is 112 Å². The maximum absolute atomic E-state index is 11.9. The van der Waals surface area contributed by atoms with Crippen LogP contribution in [0.3, 0.4) is 0 Å². The first-order valence-electron chi connectivity index (χ1n) is 5.91. The molecular weight excluding hydrogens is 246 g/mol. The number of carbonyl (C=O) groups excluding carboxylic acids is 1. The predicted molar refractivity (Wildman–Crippen MR) is 73.6 cm³/mol. The van der Waals surface area contributed by atoms with E-state index in [9.17, 15) is 9.59 Å². The van der Waals surface area contributed by atoms with Gasteiger partial charge in [0.25, 0.3) is 0 Å². The highest BCUT2D eigenvalue weighted by Gasteiger charge is 2.14. The smallest absolute Gasteiger partial charge is 0.337 e. The Hall–Kier alpha value is -2.08. The molecule has 1 aromatic rings. The van der Waals surface area contributed by atoms with Gasteiger partial charge in [0.15, 0.2) is 0 Å². The fourth-order valence-corrected chi connectivity index (χ4v) is 1.44. The number of amides is 2. The number of carboxylic acid groups (broad SMARTS) is 1. The highest BCUT2D eigenvalue weighted by Crippen LogP contribution is 2.15. The number of urea groups is 1. The van der Waals surface area contributed by atoms with E-state index in [2.05, 4.69) is 5.32 Å². The van der Waals surface area contributed by atoms with Crippen molar-refractivity contribution in [2.45, 2.75) is 0 Å². The van der Waals surface area contributed by atoms with Crippen LogP contribution in [0.4, 0.5) is 10.5 Å². The number of nitrogens with one attached hydrogen (secondary N) is 1. The summed E-state index contributed by atoms with van der Waals surface area (Å²) in [6.07, 6.45) is 0. The molecule has 0 aliphatic heterocycles. The summed E-state index contributed by atoms with van der Waals surface area (Å²) in [4.78, 5) is 26.4. The molecule has 0 aliphatic carbocycles. The van der Waals surface area contributed by atoms with Gasteiger partial charge in [0.1, 0.15) is 0 Å². The van der Waals surface area contributed by atoms with Gasteiger partial charge in [-0.15, -0.1) is 0 Å². The summed E-state index contributed by atoms with van der Waals surface area (Å²) in [6, 6.07) is 6.01. The first-order valence-corrected chi connectivity index (χ1v) is 5.91. The largest absolute Gasteiger partial charge is 0.478 e. The van der Waals surface area contributed by atoms with E-state index in [1.807, 2.05) is 19.0 Å². The van der Waals surface area contributed by atoms with Crippen LogP contribution in [0.5, 0.6) is 0 Å². The summed E-state index contributed by atoms with van der Waals surface area (Å²) in [5.41, 5.74) is 0.383. The molecular formula is C13H19N3O3. The minimum atomic E-state index is -1.06. The molecule has 0 heterocycles. The van der Waals surface area contributed by atoms with Crippen molar-refractivity contribution in [3.05, 3.63) is 29.8 Å². The van der Waals surface area contributed by atoms with Crippen LogP contribution in [0.15, 0.2) is 24.3 Å². The summed E-state index contributed by atoms with van der Waals surface area (Å²) in [5, 5.41) is 11.6. The van der Waals surface area contributed by atoms with Crippen molar-refractivity contribution in [2.75, 3.05) is 39.5 Å². The van der Waals surface area contributed by atoms with Crippen molar-refractivity contribution in [3.63, 3.8) is 0 Å².